The SMILES string of the molecule is CC(NC(=O)Nc1cnc2c(cnn2C(C)C)c1)c1ccccc1. The second-order valence-electron chi connectivity index (χ2n) is 6.05. The zero-order valence-corrected chi connectivity index (χ0v) is 14.0. The van der Waals surface area contributed by atoms with Crippen molar-refractivity contribution in [3.8, 4) is 0 Å². The summed E-state index contributed by atoms with van der Waals surface area (Å²) in [4.78, 5) is 16.6. The number of pyridine rings is 1. The summed E-state index contributed by atoms with van der Waals surface area (Å²) in [7, 11) is 0. The van der Waals surface area contributed by atoms with E-state index in [9.17, 15) is 4.79 Å². The molecule has 2 N–H and O–H groups in total. The van der Waals surface area contributed by atoms with Gasteiger partial charge in [0, 0.05) is 11.4 Å². The number of anilines is 1. The first kappa shape index (κ1) is 16.0. The van der Waals surface area contributed by atoms with Crippen LogP contribution in [0.3, 0.4) is 0 Å². The van der Waals surface area contributed by atoms with Gasteiger partial charge in [-0.2, -0.15) is 5.10 Å². The van der Waals surface area contributed by atoms with Gasteiger partial charge in [0.1, 0.15) is 0 Å². The first-order valence-electron chi connectivity index (χ1n) is 8.00. The van der Waals surface area contributed by atoms with Gasteiger partial charge in [-0.3, -0.25) is 0 Å². The van der Waals surface area contributed by atoms with Gasteiger partial charge in [-0.05, 0) is 32.4 Å². The van der Waals surface area contributed by atoms with Crippen molar-refractivity contribution in [3.05, 3.63) is 54.4 Å². The largest absolute Gasteiger partial charge is 0.331 e. The molecule has 2 amide bonds. The molecule has 0 bridgehead atoms. The van der Waals surface area contributed by atoms with Crippen LogP contribution < -0.4 is 10.6 Å². The molecule has 6 heteroatoms. The minimum atomic E-state index is -0.260. The molecule has 1 unspecified atom stereocenters. The Morgan fingerprint density at radius 2 is 1.88 bits per heavy atom. The van der Waals surface area contributed by atoms with E-state index in [2.05, 4.69) is 34.6 Å². The first-order chi connectivity index (χ1) is 11.5. The van der Waals surface area contributed by atoms with Crippen LogP contribution in [0, 0.1) is 0 Å². The van der Waals surface area contributed by atoms with Gasteiger partial charge in [-0.1, -0.05) is 30.3 Å². The van der Waals surface area contributed by atoms with Gasteiger partial charge < -0.3 is 10.6 Å². The van der Waals surface area contributed by atoms with Gasteiger partial charge >= 0.3 is 6.03 Å². The van der Waals surface area contributed by atoms with Crippen LogP contribution in [-0.4, -0.2) is 20.8 Å². The Morgan fingerprint density at radius 3 is 2.58 bits per heavy atom. The molecule has 2 heterocycles. The molecule has 0 saturated carbocycles. The first-order valence-corrected chi connectivity index (χ1v) is 8.00. The lowest BCUT2D eigenvalue weighted by molar-refractivity contribution is 0.249. The number of urea groups is 1. The van der Waals surface area contributed by atoms with Gasteiger partial charge in [-0.25, -0.2) is 14.5 Å². The van der Waals surface area contributed by atoms with E-state index in [0.29, 0.717) is 5.69 Å². The van der Waals surface area contributed by atoms with Gasteiger partial charge in [0.15, 0.2) is 5.65 Å². The summed E-state index contributed by atoms with van der Waals surface area (Å²) < 4.78 is 1.86. The summed E-state index contributed by atoms with van der Waals surface area (Å²) in [5, 5.41) is 11.0. The number of nitrogens with one attached hydrogen (secondary N) is 2. The third-order valence-corrected chi connectivity index (χ3v) is 3.83. The lowest BCUT2D eigenvalue weighted by atomic mass is 10.1. The Labute approximate surface area is 140 Å². The summed E-state index contributed by atoms with van der Waals surface area (Å²) in [5.41, 5.74) is 2.51. The molecule has 0 fully saturated rings. The minimum Gasteiger partial charge on any atom is -0.331 e. The number of hydrogen-bond donors (Lipinski definition) is 2. The molecule has 124 valence electrons. The van der Waals surface area contributed by atoms with Crippen molar-refractivity contribution in [3.63, 3.8) is 0 Å². The summed E-state index contributed by atoms with van der Waals surface area (Å²) in [5.74, 6) is 0. The maximum absolute atomic E-state index is 12.2. The second-order valence-corrected chi connectivity index (χ2v) is 6.05. The average Bonchev–Trinajstić information content (AvgIpc) is 2.99. The molecule has 2 aromatic heterocycles. The Hall–Kier alpha value is -2.89. The van der Waals surface area contributed by atoms with Crippen LogP contribution in [0.1, 0.15) is 38.4 Å². The van der Waals surface area contributed by atoms with Crippen LogP contribution in [0.2, 0.25) is 0 Å². The molecule has 0 aliphatic heterocycles. The number of benzene rings is 1. The van der Waals surface area contributed by atoms with E-state index < -0.39 is 0 Å². The van der Waals surface area contributed by atoms with Crippen molar-refractivity contribution in [2.24, 2.45) is 0 Å². The normalized spacial score (nSPS) is 12.3. The van der Waals surface area contributed by atoms with Crippen molar-refractivity contribution in [2.45, 2.75) is 32.9 Å². The van der Waals surface area contributed by atoms with E-state index in [1.807, 2.05) is 48.0 Å². The van der Waals surface area contributed by atoms with Gasteiger partial charge in [0.25, 0.3) is 0 Å². The van der Waals surface area contributed by atoms with Crippen LogP contribution in [0.4, 0.5) is 10.5 Å². The number of nitrogens with zero attached hydrogens (tertiary/aromatic N) is 3. The number of amides is 2. The molecule has 3 rings (SSSR count). The van der Waals surface area contributed by atoms with E-state index in [1.54, 1.807) is 12.4 Å². The predicted octanol–water partition coefficient (Wildman–Crippen LogP) is 3.89. The van der Waals surface area contributed by atoms with Crippen LogP contribution in [0.5, 0.6) is 0 Å². The van der Waals surface area contributed by atoms with Crippen molar-refractivity contribution in [1.29, 1.82) is 0 Å². The Morgan fingerprint density at radius 1 is 1.12 bits per heavy atom. The molecule has 3 aromatic rings. The second kappa shape index (κ2) is 6.70. The summed E-state index contributed by atoms with van der Waals surface area (Å²) in [6.07, 6.45) is 3.41. The van der Waals surface area contributed by atoms with E-state index >= 15 is 0 Å². The quantitative estimate of drug-likeness (QED) is 0.765. The highest BCUT2D eigenvalue weighted by Crippen LogP contribution is 2.19. The van der Waals surface area contributed by atoms with Crippen LogP contribution in [0.25, 0.3) is 11.0 Å². The Balaban J connectivity index is 1.69. The lowest BCUT2D eigenvalue weighted by Crippen LogP contribution is -2.31. The number of rotatable bonds is 4. The third-order valence-electron chi connectivity index (χ3n) is 3.83. The minimum absolute atomic E-state index is 0.0772. The van der Waals surface area contributed by atoms with Crippen molar-refractivity contribution < 1.29 is 4.79 Å². The van der Waals surface area contributed by atoms with Gasteiger partial charge in [0.05, 0.1) is 24.1 Å². The molecule has 0 saturated heterocycles. The summed E-state index contributed by atoms with van der Waals surface area (Å²) in [6, 6.07) is 11.6. The molecule has 0 aliphatic rings. The molecule has 24 heavy (non-hydrogen) atoms. The van der Waals surface area contributed by atoms with Crippen LogP contribution in [-0.2, 0) is 0 Å². The van der Waals surface area contributed by atoms with Crippen molar-refractivity contribution >= 4 is 22.8 Å². The topological polar surface area (TPSA) is 71.8 Å². The third kappa shape index (κ3) is 3.37. The van der Waals surface area contributed by atoms with Gasteiger partial charge in [-0.15, -0.1) is 0 Å². The monoisotopic (exact) mass is 323 g/mol. The molecule has 0 radical (unpaired) electrons. The van der Waals surface area contributed by atoms with Crippen molar-refractivity contribution in [2.75, 3.05) is 5.32 Å². The fourth-order valence-electron chi connectivity index (χ4n) is 2.58. The Kier molecular flexibility index (Phi) is 4.46. The maximum Gasteiger partial charge on any atom is 0.319 e. The zero-order valence-electron chi connectivity index (χ0n) is 14.0. The molecular weight excluding hydrogens is 302 g/mol. The highest BCUT2D eigenvalue weighted by Gasteiger charge is 2.11. The number of hydrogen-bond acceptors (Lipinski definition) is 3. The zero-order chi connectivity index (χ0) is 17.1. The van der Waals surface area contributed by atoms with E-state index in [1.165, 1.54) is 0 Å². The molecule has 1 aromatic carbocycles. The fourth-order valence-corrected chi connectivity index (χ4v) is 2.58. The van der Waals surface area contributed by atoms with Crippen LogP contribution in [0.15, 0.2) is 48.8 Å². The summed E-state index contributed by atoms with van der Waals surface area (Å²) >= 11 is 0. The Bertz CT molecular complexity index is 841. The molecule has 1 atom stereocenters. The fraction of sp³-hybridized carbons (Fsp3) is 0.278. The van der Waals surface area contributed by atoms with E-state index in [4.69, 9.17) is 0 Å². The number of aromatic nitrogens is 3. The van der Waals surface area contributed by atoms with Crippen molar-refractivity contribution in [1.82, 2.24) is 20.1 Å². The van der Waals surface area contributed by atoms with Gasteiger partial charge in [0.2, 0.25) is 0 Å². The molecular formula is C18H21N5O. The molecule has 0 aliphatic carbocycles. The number of carbonyl (C=O) groups is 1. The number of fused-ring (bicyclic) bond motifs is 1. The number of carbonyl (C=O) groups excluding carboxylic acids is 1. The highest BCUT2D eigenvalue weighted by atomic mass is 16.2. The van der Waals surface area contributed by atoms with E-state index in [0.717, 1.165) is 16.6 Å². The van der Waals surface area contributed by atoms with E-state index in [-0.39, 0.29) is 18.1 Å². The maximum atomic E-state index is 12.2. The predicted molar refractivity (Wildman–Crippen MR) is 94.9 cm³/mol. The molecule has 6 nitrogen and oxygen atoms in total. The average molecular weight is 323 g/mol. The lowest BCUT2D eigenvalue weighted by Gasteiger charge is -2.15. The highest BCUT2D eigenvalue weighted by molar-refractivity contribution is 5.91. The summed E-state index contributed by atoms with van der Waals surface area (Å²) in [6.45, 7) is 6.06. The van der Waals surface area contributed by atoms with Crippen LogP contribution >= 0.6 is 0 Å². The smallest absolute Gasteiger partial charge is 0.319 e. The molecule has 0 spiro atoms. The standard InChI is InChI=1S/C18H21N5O/c1-12(2)23-17-15(10-20-23)9-16(11-19-17)22-18(24)21-13(3)14-7-5-4-6-8-14/h4-13H,1-3H3,(H2,21,22,24).